The number of alkyl halides is 5. The van der Waals surface area contributed by atoms with E-state index in [-0.39, 0.29) is 36.9 Å². The minimum atomic E-state index is -4.89. The predicted octanol–water partition coefficient (Wildman–Crippen LogP) is 5.16. The Morgan fingerprint density at radius 3 is 2.46 bits per heavy atom. The number of hydrogen-bond acceptors (Lipinski definition) is 10. The molecule has 20 heteroatoms. The number of benzene rings is 1. The van der Waals surface area contributed by atoms with Gasteiger partial charge in [-0.15, -0.1) is 0 Å². The third-order valence-electron chi connectivity index (χ3n) is 11.6. The van der Waals surface area contributed by atoms with E-state index in [2.05, 4.69) is 25.1 Å². The number of allylic oxidation sites excluding steroid dienone is 1. The van der Waals surface area contributed by atoms with Crippen molar-refractivity contribution in [3.63, 3.8) is 0 Å². The number of rotatable bonds is 10. The third kappa shape index (κ3) is 9.67. The van der Waals surface area contributed by atoms with Crippen LogP contribution in [-0.2, 0) is 29.1 Å². The number of carbonyl (C=O) groups is 4. The molecule has 3 heterocycles. The van der Waals surface area contributed by atoms with Gasteiger partial charge >= 0.3 is 12.3 Å². The molecule has 1 aromatic heterocycles. The summed E-state index contributed by atoms with van der Waals surface area (Å²) in [6.07, 6.45) is -5.89. The zero-order valence-corrected chi connectivity index (χ0v) is 33.7. The Morgan fingerprint density at radius 2 is 1.80 bits per heavy atom. The molecule has 4 aliphatic rings. The fourth-order valence-electron chi connectivity index (χ4n) is 7.65. The van der Waals surface area contributed by atoms with Gasteiger partial charge in [0.25, 0.3) is 12.3 Å². The van der Waals surface area contributed by atoms with Gasteiger partial charge < -0.3 is 29.7 Å². The number of amides is 4. The van der Waals surface area contributed by atoms with E-state index in [1.807, 2.05) is 13.0 Å². The van der Waals surface area contributed by atoms with Gasteiger partial charge in [0.1, 0.15) is 36.1 Å². The van der Waals surface area contributed by atoms with E-state index in [0.29, 0.717) is 49.8 Å². The molecule has 59 heavy (non-hydrogen) atoms. The van der Waals surface area contributed by atoms with E-state index in [4.69, 9.17) is 9.47 Å². The van der Waals surface area contributed by atoms with E-state index in [0.717, 1.165) is 4.90 Å². The molecule has 0 radical (unpaired) electrons. The minimum Gasteiger partial charge on any atom is -0.485 e. The molecule has 2 aliphatic carbocycles. The van der Waals surface area contributed by atoms with Crippen molar-refractivity contribution in [2.75, 3.05) is 13.2 Å². The summed E-state index contributed by atoms with van der Waals surface area (Å²) in [5, 5.41) is 5.80. The summed E-state index contributed by atoms with van der Waals surface area (Å²) in [4.78, 5) is 61.3. The topological polar surface area (TPSA) is 182 Å². The van der Waals surface area contributed by atoms with Crippen LogP contribution < -0.4 is 24.8 Å². The molecule has 3 N–H and O–H groups in total. The quantitative estimate of drug-likeness (QED) is 0.213. The monoisotopic (exact) mass is 857 g/mol. The van der Waals surface area contributed by atoms with E-state index in [1.54, 1.807) is 37.3 Å². The van der Waals surface area contributed by atoms with Gasteiger partial charge in [0, 0.05) is 23.1 Å². The lowest BCUT2D eigenvalue weighted by Gasteiger charge is -2.33. The molecule has 2 saturated carbocycles. The molecule has 4 amide bonds. The molecule has 0 bridgehead atoms. The standard InChI is InChI=1S/C39H48F5N5O9S/c1-21-9-5-6-10-24-17-38(24,35(52)48-59(54,55)37(4)13-14-37)47-32(50)28-16-25(58-33-27-12-8-7-11-26(27)29(18-45-33)56-20-30(40)41)19-49(28)34(51)31(22(2)15-21)46-36(53)57-23(3)39(42,43)44/h6-8,10-12,18,21-25,28,30-31H,5,9,13-17,19-20H2,1-4H3,(H,46,53)(H,47,50)(H,48,52)/b10-6-/t21-,22+,23+,24+,25+,28-,31-,38+/m0/s1. The molecule has 2 aliphatic heterocycles. The van der Waals surface area contributed by atoms with Gasteiger partial charge in [-0.1, -0.05) is 44.2 Å². The SMILES string of the molecule is C[C@H]1CC/C=C\[C@@H]2C[C@@]2(C(=O)NS(=O)(=O)C2(C)CC2)NC(=O)[C@@H]2C[C@@H](Oc3ncc(OCC(F)F)c4ccccc34)CN2C(=O)[C@@H](NC(=O)O[C@H](C)C(F)(F)F)[C@H](C)C1. The second-order valence-corrected chi connectivity index (χ2v) is 18.5. The summed E-state index contributed by atoms with van der Waals surface area (Å²) in [5.74, 6) is -3.91. The van der Waals surface area contributed by atoms with E-state index in [1.165, 1.54) is 13.1 Å². The number of ether oxygens (including phenoxy) is 3. The maximum absolute atomic E-state index is 14.7. The van der Waals surface area contributed by atoms with Crippen molar-refractivity contribution >= 4 is 44.6 Å². The maximum atomic E-state index is 14.7. The van der Waals surface area contributed by atoms with Crippen molar-refractivity contribution in [2.45, 2.75) is 120 Å². The first kappa shape index (κ1) is 43.8. The highest BCUT2D eigenvalue weighted by Gasteiger charge is 2.63. The lowest BCUT2D eigenvalue weighted by atomic mass is 9.88. The van der Waals surface area contributed by atoms with Gasteiger partial charge in [-0.3, -0.25) is 19.1 Å². The Hall–Kier alpha value is -4.75. The van der Waals surface area contributed by atoms with Gasteiger partial charge in [0.15, 0.2) is 6.10 Å². The Labute approximate surface area is 338 Å². The first-order chi connectivity index (χ1) is 27.6. The molecule has 2 aromatic rings. The molecular weight excluding hydrogens is 810 g/mol. The normalized spacial score (nSPS) is 29.5. The van der Waals surface area contributed by atoms with Crippen LogP contribution in [0.5, 0.6) is 11.6 Å². The number of halogens is 5. The Kier molecular flexibility index (Phi) is 12.4. The van der Waals surface area contributed by atoms with Gasteiger partial charge in [0.05, 0.1) is 17.5 Å². The third-order valence-corrected chi connectivity index (χ3v) is 13.8. The zero-order chi connectivity index (χ0) is 43.1. The van der Waals surface area contributed by atoms with Crippen LogP contribution in [0.3, 0.4) is 0 Å². The average Bonchev–Trinajstić information content (AvgIpc) is 4.04. The highest BCUT2D eigenvalue weighted by molar-refractivity contribution is 7.91. The van der Waals surface area contributed by atoms with Crippen LogP contribution >= 0.6 is 0 Å². The zero-order valence-electron chi connectivity index (χ0n) is 32.9. The number of fused-ring (bicyclic) bond motifs is 3. The lowest BCUT2D eigenvalue weighted by Crippen LogP contribution is -2.59. The summed E-state index contributed by atoms with van der Waals surface area (Å²) < 4.78 is 110. The van der Waals surface area contributed by atoms with Crippen LogP contribution in [0.15, 0.2) is 42.6 Å². The molecule has 324 valence electrons. The molecule has 0 unspecified atom stereocenters. The highest BCUT2D eigenvalue weighted by atomic mass is 32.2. The molecular formula is C39H48F5N5O9S. The molecule has 14 nitrogen and oxygen atoms in total. The second-order valence-electron chi connectivity index (χ2n) is 16.3. The number of aromatic nitrogens is 1. The molecule has 8 atom stereocenters. The Balaban J connectivity index is 1.34. The van der Waals surface area contributed by atoms with Crippen LogP contribution in [-0.4, -0.2) is 102 Å². The first-order valence-corrected chi connectivity index (χ1v) is 21.0. The summed E-state index contributed by atoms with van der Waals surface area (Å²) in [5.41, 5.74) is -1.69. The van der Waals surface area contributed by atoms with E-state index in [9.17, 15) is 49.5 Å². The number of alkyl carbamates (subject to hydrolysis) is 1. The molecule has 0 spiro atoms. The van der Waals surface area contributed by atoms with Crippen LogP contribution in [0.25, 0.3) is 10.8 Å². The maximum Gasteiger partial charge on any atom is 0.425 e. The molecule has 1 aromatic carbocycles. The number of hydrogen-bond donors (Lipinski definition) is 3. The van der Waals surface area contributed by atoms with Crippen molar-refractivity contribution in [2.24, 2.45) is 17.8 Å². The van der Waals surface area contributed by atoms with Crippen molar-refractivity contribution in [3.8, 4) is 11.6 Å². The minimum absolute atomic E-state index is 0.00852. The first-order valence-electron chi connectivity index (χ1n) is 19.5. The van der Waals surface area contributed by atoms with Crippen LogP contribution in [0.1, 0.15) is 72.6 Å². The second kappa shape index (κ2) is 16.7. The number of nitrogens with zero attached hydrogens (tertiary/aromatic N) is 2. The number of nitrogens with one attached hydrogen (secondary N) is 3. The highest BCUT2D eigenvalue weighted by Crippen LogP contribution is 2.48. The van der Waals surface area contributed by atoms with Crippen LogP contribution in [0, 0.1) is 17.8 Å². The predicted molar refractivity (Wildman–Crippen MR) is 202 cm³/mol. The molecule has 3 fully saturated rings. The summed E-state index contributed by atoms with van der Waals surface area (Å²) in [6, 6.07) is 3.62. The number of pyridine rings is 1. The summed E-state index contributed by atoms with van der Waals surface area (Å²) in [6.45, 7) is 4.50. The largest absolute Gasteiger partial charge is 0.485 e. The van der Waals surface area contributed by atoms with Crippen molar-refractivity contribution < 1.29 is 63.8 Å². The molecule has 6 rings (SSSR count). The Morgan fingerprint density at radius 1 is 1.10 bits per heavy atom. The van der Waals surface area contributed by atoms with E-state index < -0.39 is 99.5 Å². The fourth-order valence-corrected chi connectivity index (χ4v) is 8.96. The van der Waals surface area contributed by atoms with Crippen molar-refractivity contribution in [3.05, 3.63) is 42.6 Å². The van der Waals surface area contributed by atoms with Crippen molar-refractivity contribution in [1.29, 1.82) is 0 Å². The van der Waals surface area contributed by atoms with Crippen molar-refractivity contribution in [1.82, 2.24) is 25.2 Å². The summed E-state index contributed by atoms with van der Waals surface area (Å²) in [7, 11) is -4.11. The lowest BCUT2D eigenvalue weighted by molar-refractivity contribution is -0.197. The van der Waals surface area contributed by atoms with E-state index >= 15 is 0 Å². The summed E-state index contributed by atoms with van der Waals surface area (Å²) >= 11 is 0. The average molecular weight is 858 g/mol. The number of carbonyl (C=O) groups excluding carboxylic acids is 4. The van der Waals surface area contributed by atoms with Gasteiger partial charge in [-0.2, -0.15) is 13.2 Å². The van der Waals surface area contributed by atoms with Gasteiger partial charge in [-0.25, -0.2) is 27.0 Å². The van der Waals surface area contributed by atoms with Crippen LogP contribution in [0.4, 0.5) is 26.7 Å². The van der Waals surface area contributed by atoms with Gasteiger partial charge in [-0.05, 0) is 70.3 Å². The van der Waals surface area contributed by atoms with Crippen LogP contribution in [0.2, 0.25) is 0 Å². The smallest absolute Gasteiger partial charge is 0.425 e. The van der Waals surface area contributed by atoms with Gasteiger partial charge in [0.2, 0.25) is 27.7 Å². The Bertz CT molecular complexity index is 2080. The fraction of sp³-hybridized carbons (Fsp3) is 0.615. The number of sulfonamides is 1. The molecule has 1 saturated heterocycles.